The van der Waals surface area contributed by atoms with E-state index in [1.807, 2.05) is 0 Å². The molecule has 3 amide bonds. The third kappa shape index (κ3) is 4.02. The van der Waals surface area contributed by atoms with Gasteiger partial charge in [0.15, 0.2) is 0 Å². The molecule has 2 saturated heterocycles. The van der Waals surface area contributed by atoms with E-state index >= 15 is 0 Å². The summed E-state index contributed by atoms with van der Waals surface area (Å²) in [7, 11) is 0. The summed E-state index contributed by atoms with van der Waals surface area (Å²) < 4.78 is 0. The highest BCUT2D eigenvalue weighted by Gasteiger charge is 2.28. The van der Waals surface area contributed by atoms with Gasteiger partial charge in [-0.15, -0.1) is 0 Å². The Kier molecular flexibility index (Phi) is 4.90. The van der Waals surface area contributed by atoms with Crippen molar-refractivity contribution >= 4 is 17.7 Å². The van der Waals surface area contributed by atoms with Crippen LogP contribution in [0.3, 0.4) is 0 Å². The smallest absolute Gasteiger partial charge is 0.229 e. The van der Waals surface area contributed by atoms with Crippen LogP contribution in [0.1, 0.15) is 32.1 Å². The van der Waals surface area contributed by atoms with Gasteiger partial charge in [-0.1, -0.05) is 0 Å². The minimum absolute atomic E-state index is 0.00555. The van der Waals surface area contributed by atoms with Crippen LogP contribution in [0.5, 0.6) is 0 Å². The molecule has 0 spiro atoms. The summed E-state index contributed by atoms with van der Waals surface area (Å²) in [6, 6.07) is 0. The molecular weight excluding hydrogens is 246 g/mol. The number of carbonyl (C=O) groups is 3. The number of nitrogens with one attached hydrogen (secondary N) is 2. The lowest BCUT2D eigenvalue weighted by molar-refractivity contribution is -0.138. The number of carbonyl (C=O) groups excluding carboxylic acids is 3. The van der Waals surface area contributed by atoms with Crippen molar-refractivity contribution in [2.24, 2.45) is 5.92 Å². The number of rotatable bonds is 6. The van der Waals surface area contributed by atoms with Crippen molar-refractivity contribution in [1.29, 1.82) is 0 Å². The summed E-state index contributed by atoms with van der Waals surface area (Å²) in [6.45, 7) is 2.71. The minimum Gasteiger partial charge on any atom is -0.354 e. The van der Waals surface area contributed by atoms with Crippen molar-refractivity contribution in [3.05, 3.63) is 0 Å². The van der Waals surface area contributed by atoms with Crippen molar-refractivity contribution < 1.29 is 14.4 Å². The Morgan fingerprint density at radius 1 is 1.32 bits per heavy atom. The molecule has 2 aliphatic heterocycles. The molecule has 2 heterocycles. The van der Waals surface area contributed by atoms with Crippen LogP contribution in [0.15, 0.2) is 0 Å². The molecule has 6 nitrogen and oxygen atoms in total. The molecular formula is C13H21N3O3. The van der Waals surface area contributed by atoms with Crippen LogP contribution < -0.4 is 10.6 Å². The van der Waals surface area contributed by atoms with Gasteiger partial charge in [0, 0.05) is 32.4 Å². The molecule has 0 saturated carbocycles. The number of amides is 3. The van der Waals surface area contributed by atoms with E-state index in [2.05, 4.69) is 10.6 Å². The molecule has 2 aliphatic rings. The van der Waals surface area contributed by atoms with Gasteiger partial charge in [-0.2, -0.15) is 0 Å². The van der Waals surface area contributed by atoms with Crippen LogP contribution in [0, 0.1) is 5.92 Å². The summed E-state index contributed by atoms with van der Waals surface area (Å²) in [5.41, 5.74) is 0. The quantitative estimate of drug-likeness (QED) is 0.644. The van der Waals surface area contributed by atoms with Gasteiger partial charge in [-0.25, -0.2) is 0 Å². The van der Waals surface area contributed by atoms with Crippen LogP contribution in [0.2, 0.25) is 0 Å². The number of likely N-dealkylation sites (tertiary alicyclic amines) is 1. The Morgan fingerprint density at radius 3 is 2.68 bits per heavy atom. The molecule has 1 atom stereocenters. The maximum absolute atomic E-state index is 11.6. The highest BCUT2D eigenvalue weighted by Crippen LogP contribution is 2.14. The molecule has 0 aromatic carbocycles. The van der Waals surface area contributed by atoms with E-state index in [1.54, 1.807) is 0 Å². The molecule has 19 heavy (non-hydrogen) atoms. The molecule has 2 N–H and O–H groups in total. The first kappa shape index (κ1) is 14.0. The molecule has 0 aromatic heterocycles. The van der Waals surface area contributed by atoms with Crippen LogP contribution >= 0.6 is 0 Å². The monoisotopic (exact) mass is 267 g/mol. The average molecular weight is 267 g/mol. The fourth-order valence-electron chi connectivity index (χ4n) is 2.56. The Bertz CT molecular complexity index is 348. The predicted octanol–water partition coefficient (Wildman–Crippen LogP) is -0.359. The lowest BCUT2D eigenvalue weighted by Gasteiger charge is -2.14. The Hall–Kier alpha value is -1.43. The second-order valence-corrected chi connectivity index (χ2v) is 5.19. The van der Waals surface area contributed by atoms with Gasteiger partial charge < -0.3 is 10.6 Å². The molecule has 1 unspecified atom stereocenters. The van der Waals surface area contributed by atoms with Crippen molar-refractivity contribution in [2.75, 3.05) is 26.2 Å². The van der Waals surface area contributed by atoms with Gasteiger partial charge in [0.2, 0.25) is 17.7 Å². The maximum atomic E-state index is 11.6. The van der Waals surface area contributed by atoms with E-state index in [0.717, 1.165) is 25.9 Å². The summed E-state index contributed by atoms with van der Waals surface area (Å²) in [5.74, 6) is 0.353. The van der Waals surface area contributed by atoms with Gasteiger partial charge in [-0.05, 0) is 31.8 Å². The first-order chi connectivity index (χ1) is 9.16. The zero-order chi connectivity index (χ0) is 13.7. The van der Waals surface area contributed by atoms with Crippen molar-refractivity contribution in [3.8, 4) is 0 Å². The first-order valence-corrected chi connectivity index (χ1v) is 6.97. The van der Waals surface area contributed by atoms with Crippen LogP contribution in [0.25, 0.3) is 0 Å². The second-order valence-electron chi connectivity index (χ2n) is 5.19. The zero-order valence-electron chi connectivity index (χ0n) is 11.1. The highest BCUT2D eigenvalue weighted by atomic mass is 16.2. The van der Waals surface area contributed by atoms with Gasteiger partial charge in [-0.3, -0.25) is 19.3 Å². The van der Waals surface area contributed by atoms with E-state index in [9.17, 15) is 14.4 Å². The van der Waals surface area contributed by atoms with Crippen molar-refractivity contribution in [2.45, 2.75) is 32.1 Å². The van der Waals surface area contributed by atoms with E-state index in [0.29, 0.717) is 38.3 Å². The Labute approximate surface area is 112 Å². The molecule has 106 valence electrons. The standard InChI is InChI=1S/C13H21N3O3/c17-11(2-1-10-5-6-14-9-10)15-7-8-16-12(18)3-4-13(16)19/h10,14H,1-9H2,(H,15,17). The van der Waals surface area contributed by atoms with Gasteiger partial charge in [0.05, 0.1) is 0 Å². The molecule has 0 aliphatic carbocycles. The number of nitrogens with zero attached hydrogens (tertiary/aromatic N) is 1. The number of hydrogen-bond acceptors (Lipinski definition) is 4. The summed E-state index contributed by atoms with van der Waals surface area (Å²) in [4.78, 5) is 35.5. The second kappa shape index (κ2) is 6.65. The largest absolute Gasteiger partial charge is 0.354 e. The zero-order valence-corrected chi connectivity index (χ0v) is 11.1. The summed E-state index contributed by atoms with van der Waals surface area (Å²) in [5, 5.41) is 6.04. The topological polar surface area (TPSA) is 78.5 Å². The molecule has 6 heteroatoms. The number of hydrogen-bond donors (Lipinski definition) is 2. The van der Waals surface area contributed by atoms with E-state index in [1.165, 1.54) is 4.90 Å². The van der Waals surface area contributed by atoms with Gasteiger partial charge in [0.25, 0.3) is 0 Å². The fraction of sp³-hybridized carbons (Fsp3) is 0.769. The first-order valence-electron chi connectivity index (χ1n) is 6.97. The SMILES string of the molecule is O=C(CCC1CCNC1)NCCN1C(=O)CCC1=O. The predicted molar refractivity (Wildman–Crippen MR) is 69.2 cm³/mol. The lowest BCUT2D eigenvalue weighted by Crippen LogP contribution is -2.37. The lowest BCUT2D eigenvalue weighted by atomic mass is 10.0. The average Bonchev–Trinajstić information content (AvgIpc) is 3.00. The summed E-state index contributed by atoms with van der Waals surface area (Å²) >= 11 is 0. The molecule has 0 radical (unpaired) electrons. The van der Waals surface area contributed by atoms with Crippen LogP contribution in [0.4, 0.5) is 0 Å². The Morgan fingerprint density at radius 2 is 2.05 bits per heavy atom. The molecule has 2 rings (SSSR count). The molecule has 0 aromatic rings. The van der Waals surface area contributed by atoms with Crippen molar-refractivity contribution in [1.82, 2.24) is 15.5 Å². The van der Waals surface area contributed by atoms with Crippen molar-refractivity contribution in [3.63, 3.8) is 0 Å². The van der Waals surface area contributed by atoms with Gasteiger partial charge >= 0.3 is 0 Å². The normalized spacial score (nSPS) is 23.2. The summed E-state index contributed by atoms with van der Waals surface area (Å²) in [6.07, 6.45) is 3.18. The van der Waals surface area contributed by atoms with E-state index in [4.69, 9.17) is 0 Å². The fourth-order valence-corrected chi connectivity index (χ4v) is 2.56. The third-order valence-electron chi connectivity index (χ3n) is 3.75. The Balaban J connectivity index is 1.58. The molecule has 2 fully saturated rings. The van der Waals surface area contributed by atoms with Gasteiger partial charge in [0.1, 0.15) is 0 Å². The molecule has 0 bridgehead atoms. The highest BCUT2D eigenvalue weighted by molar-refractivity contribution is 6.01. The maximum Gasteiger partial charge on any atom is 0.229 e. The van der Waals surface area contributed by atoms with E-state index < -0.39 is 0 Å². The third-order valence-corrected chi connectivity index (χ3v) is 3.75. The van der Waals surface area contributed by atoms with Crippen LogP contribution in [-0.2, 0) is 14.4 Å². The minimum atomic E-state index is -0.128. The van der Waals surface area contributed by atoms with E-state index in [-0.39, 0.29) is 17.7 Å². The number of imide groups is 1. The van der Waals surface area contributed by atoms with Crippen LogP contribution in [-0.4, -0.2) is 48.8 Å².